The zero-order valence-electron chi connectivity index (χ0n) is 12.4. The van der Waals surface area contributed by atoms with Gasteiger partial charge in [-0.1, -0.05) is 29.8 Å². The Kier molecular flexibility index (Phi) is 7.03. The van der Waals surface area contributed by atoms with E-state index >= 15 is 0 Å². The van der Waals surface area contributed by atoms with Gasteiger partial charge in [-0.15, -0.1) is 12.4 Å². The molecule has 1 aromatic carbocycles. The van der Waals surface area contributed by atoms with Gasteiger partial charge in [-0.05, 0) is 44.8 Å². The Labute approximate surface area is 128 Å². The van der Waals surface area contributed by atoms with Gasteiger partial charge in [-0.2, -0.15) is 0 Å². The predicted octanol–water partition coefficient (Wildman–Crippen LogP) is 2.56. The first-order chi connectivity index (χ1) is 9.16. The van der Waals surface area contributed by atoms with Crippen LogP contribution in [0.1, 0.15) is 30.4 Å². The van der Waals surface area contributed by atoms with Gasteiger partial charge in [0.15, 0.2) is 0 Å². The molecule has 1 amide bonds. The predicted molar refractivity (Wildman–Crippen MR) is 85.4 cm³/mol. The molecule has 2 rings (SSSR count). The van der Waals surface area contributed by atoms with E-state index in [1.54, 1.807) is 0 Å². The molecule has 1 saturated heterocycles. The second kappa shape index (κ2) is 8.28. The second-order valence-corrected chi connectivity index (χ2v) is 5.47. The summed E-state index contributed by atoms with van der Waals surface area (Å²) in [5.41, 5.74) is 2.51. The number of halogens is 1. The molecule has 4 heteroatoms. The number of rotatable bonds is 4. The first-order valence-corrected chi connectivity index (χ1v) is 7.19. The lowest BCUT2D eigenvalue weighted by Crippen LogP contribution is -2.44. The van der Waals surface area contributed by atoms with Crippen molar-refractivity contribution in [2.24, 2.45) is 0 Å². The second-order valence-electron chi connectivity index (χ2n) is 5.47. The Morgan fingerprint density at radius 2 is 1.85 bits per heavy atom. The third-order valence-electron chi connectivity index (χ3n) is 4.00. The van der Waals surface area contributed by atoms with Crippen LogP contribution in [-0.4, -0.2) is 37.0 Å². The quantitative estimate of drug-likeness (QED) is 0.926. The van der Waals surface area contributed by atoms with Crippen molar-refractivity contribution >= 4 is 18.3 Å². The van der Waals surface area contributed by atoms with E-state index in [2.05, 4.69) is 36.5 Å². The smallest absolute Gasteiger partial charge is 0.222 e. The molecule has 0 aromatic heterocycles. The first kappa shape index (κ1) is 17.0. The maximum Gasteiger partial charge on any atom is 0.222 e. The minimum atomic E-state index is 0. The summed E-state index contributed by atoms with van der Waals surface area (Å²) in [7, 11) is 1.95. The van der Waals surface area contributed by atoms with Crippen LogP contribution in [-0.2, 0) is 11.2 Å². The highest BCUT2D eigenvalue weighted by molar-refractivity contribution is 5.85. The van der Waals surface area contributed by atoms with Crippen LogP contribution < -0.4 is 5.32 Å². The Morgan fingerprint density at radius 3 is 2.45 bits per heavy atom. The topological polar surface area (TPSA) is 32.3 Å². The molecule has 1 aromatic rings. The van der Waals surface area contributed by atoms with E-state index < -0.39 is 0 Å². The van der Waals surface area contributed by atoms with Crippen LogP contribution in [0.4, 0.5) is 0 Å². The summed E-state index contributed by atoms with van der Waals surface area (Å²) in [5.74, 6) is 0.271. The van der Waals surface area contributed by atoms with Gasteiger partial charge in [0.05, 0.1) is 0 Å². The SMILES string of the molecule is Cc1ccc(CCC(=O)N(C)C2CCNCC2)cc1.Cl. The molecule has 0 atom stereocenters. The average Bonchev–Trinajstić information content (AvgIpc) is 2.46. The van der Waals surface area contributed by atoms with Crippen LogP contribution in [0.3, 0.4) is 0 Å². The van der Waals surface area contributed by atoms with Gasteiger partial charge in [-0.25, -0.2) is 0 Å². The van der Waals surface area contributed by atoms with Gasteiger partial charge < -0.3 is 10.2 Å². The van der Waals surface area contributed by atoms with Crippen LogP contribution in [0.15, 0.2) is 24.3 Å². The zero-order chi connectivity index (χ0) is 13.7. The number of hydrogen-bond acceptors (Lipinski definition) is 2. The summed E-state index contributed by atoms with van der Waals surface area (Å²) in [6.07, 6.45) is 3.61. The maximum absolute atomic E-state index is 12.2. The van der Waals surface area contributed by atoms with Gasteiger partial charge >= 0.3 is 0 Å². The van der Waals surface area contributed by atoms with Crippen molar-refractivity contribution in [3.63, 3.8) is 0 Å². The molecule has 1 aliphatic heterocycles. The lowest BCUT2D eigenvalue weighted by Gasteiger charge is -2.31. The fourth-order valence-corrected chi connectivity index (χ4v) is 2.58. The van der Waals surface area contributed by atoms with Gasteiger partial charge in [-0.3, -0.25) is 4.79 Å². The highest BCUT2D eigenvalue weighted by Crippen LogP contribution is 2.13. The van der Waals surface area contributed by atoms with E-state index in [4.69, 9.17) is 0 Å². The fraction of sp³-hybridized carbons (Fsp3) is 0.562. The molecule has 0 spiro atoms. The van der Waals surface area contributed by atoms with Crippen LogP contribution in [0.2, 0.25) is 0 Å². The van der Waals surface area contributed by atoms with Crippen molar-refractivity contribution in [2.75, 3.05) is 20.1 Å². The molecular formula is C16H25ClN2O. The third-order valence-corrected chi connectivity index (χ3v) is 4.00. The zero-order valence-corrected chi connectivity index (χ0v) is 13.2. The largest absolute Gasteiger partial charge is 0.343 e. The summed E-state index contributed by atoms with van der Waals surface area (Å²) < 4.78 is 0. The summed E-state index contributed by atoms with van der Waals surface area (Å²) in [6, 6.07) is 8.87. The van der Waals surface area contributed by atoms with Crippen LogP contribution in [0.5, 0.6) is 0 Å². The summed E-state index contributed by atoms with van der Waals surface area (Å²) in [6.45, 7) is 4.14. The highest BCUT2D eigenvalue weighted by Gasteiger charge is 2.21. The van der Waals surface area contributed by atoms with E-state index in [0.717, 1.165) is 32.4 Å². The van der Waals surface area contributed by atoms with Crippen molar-refractivity contribution in [3.05, 3.63) is 35.4 Å². The number of amides is 1. The number of hydrogen-bond donors (Lipinski definition) is 1. The Bertz CT molecular complexity index is 413. The van der Waals surface area contributed by atoms with Crippen molar-refractivity contribution in [2.45, 2.75) is 38.6 Å². The Balaban J connectivity index is 0.00000200. The van der Waals surface area contributed by atoms with Gasteiger partial charge in [0.2, 0.25) is 5.91 Å². The van der Waals surface area contributed by atoms with Crippen LogP contribution >= 0.6 is 12.4 Å². The average molecular weight is 297 g/mol. The Hall–Kier alpha value is -1.06. The molecule has 112 valence electrons. The summed E-state index contributed by atoms with van der Waals surface area (Å²) >= 11 is 0. The standard InChI is InChI=1S/C16H24N2O.ClH/c1-13-3-5-14(6-4-13)7-8-16(19)18(2)15-9-11-17-12-10-15;/h3-6,15,17H,7-12H2,1-2H3;1H. The molecule has 1 fully saturated rings. The van der Waals surface area contributed by atoms with Crippen molar-refractivity contribution < 1.29 is 4.79 Å². The minimum Gasteiger partial charge on any atom is -0.343 e. The minimum absolute atomic E-state index is 0. The van der Waals surface area contributed by atoms with Gasteiger partial charge in [0.1, 0.15) is 0 Å². The van der Waals surface area contributed by atoms with Crippen LogP contribution in [0.25, 0.3) is 0 Å². The van der Waals surface area contributed by atoms with Crippen molar-refractivity contribution in [1.29, 1.82) is 0 Å². The number of benzene rings is 1. The summed E-state index contributed by atoms with van der Waals surface area (Å²) in [5, 5.41) is 3.33. The number of carbonyl (C=O) groups is 1. The maximum atomic E-state index is 12.2. The van der Waals surface area contributed by atoms with E-state index in [1.165, 1.54) is 11.1 Å². The molecule has 1 heterocycles. The lowest BCUT2D eigenvalue weighted by atomic mass is 10.0. The molecule has 0 unspecified atom stereocenters. The number of nitrogens with zero attached hydrogens (tertiary/aromatic N) is 1. The monoisotopic (exact) mass is 296 g/mol. The first-order valence-electron chi connectivity index (χ1n) is 7.19. The van der Waals surface area contributed by atoms with Crippen LogP contribution in [0, 0.1) is 6.92 Å². The van der Waals surface area contributed by atoms with Gasteiger partial charge in [0.25, 0.3) is 0 Å². The Morgan fingerprint density at radius 1 is 1.25 bits per heavy atom. The number of piperidine rings is 1. The fourth-order valence-electron chi connectivity index (χ4n) is 2.58. The van der Waals surface area contributed by atoms with E-state index in [1.807, 2.05) is 11.9 Å². The van der Waals surface area contributed by atoms with E-state index in [0.29, 0.717) is 12.5 Å². The molecule has 0 aliphatic carbocycles. The number of nitrogens with one attached hydrogen (secondary N) is 1. The highest BCUT2D eigenvalue weighted by atomic mass is 35.5. The summed E-state index contributed by atoms with van der Waals surface area (Å²) in [4.78, 5) is 14.1. The van der Waals surface area contributed by atoms with Crippen molar-refractivity contribution in [1.82, 2.24) is 10.2 Å². The third kappa shape index (κ3) is 4.80. The molecule has 3 nitrogen and oxygen atoms in total. The van der Waals surface area contributed by atoms with E-state index in [9.17, 15) is 4.79 Å². The molecule has 0 radical (unpaired) electrons. The van der Waals surface area contributed by atoms with Gasteiger partial charge in [0, 0.05) is 19.5 Å². The normalized spacial score (nSPS) is 15.5. The molecule has 0 saturated carbocycles. The molecule has 1 aliphatic rings. The molecule has 20 heavy (non-hydrogen) atoms. The number of carbonyl (C=O) groups excluding carboxylic acids is 1. The van der Waals surface area contributed by atoms with E-state index in [-0.39, 0.29) is 18.3 Å². The molecule has 0 bridgehead atoms. The molecular weight excluding hydrogens is 272 g/mol. The van der Waals surface area contributed by atoms with Crippen molar-refractivity contribution in [3.8, 4) is 0 Å². The molecule has 1 N–H and O–H groups in total. The lowest BCUT2D eigenvalue weighted by molar-refractivity contribution is -0.132. The number of aryl methyl sites for hydroxylation is 2.